The van der Waals surface area contributed by atoms with Crippen molar-refractivity contribution in [3.05, 3.63) is 167 Å². The minimum atomic E-state index is -0.472. The molecule has 0 aliphatic carbocycles. The third kappa shape index (κ3) is 7.49. The van der Waals surface area contributed by atoms with Crippen molar-refractivity contribution in [1.82, 2.24) is 9.55 Å². The number of imidazole rings is 1. The molecular weight excluding hydrogens is 499 g/mol. The Morgan fingerprint density at radius 2 is 1.38 bits per heavy atom. The van der Waals surface area contributed by atoms with Crippen molar-refractivity contribution in [2.24, 2.45) is 0 Å². The second kappa shape index (κ2) is 14.3. The van der Waals surface area contributed by atoms with Crippen LogP contribution in [0.4, 0.5) is 0 Å². The number of allylic oxidation sites excluding steroid dienone is 1. The highest BCUT2D eigenvalue weighted by atomic mass is 28.2. The summed E-state index contributed by atoms with van der Waals surface area (Å²) in [6, 6.07) is 43.0. The molecular formula is C36H36BN2Si. The fourth-order valence-corrected chi connectivity index (χ4v) is 6.85. The Hall–Kier alpha value is -4.15. The summed E-state index contributed by atoms with van der Waals surface area (Å²) in [4.78, 5) is 4.74. The van der Waals surface area contributed by atoms with Gasteiger partial charge in [-0.05, 0) is 35.1 Å². The van der Waals surface area contributed by atoms with Crippen LogP contribution in [0.25, 0.3) is 11.5 Å². The second-order valence-corrected chi connectivity index (χ2v) is 11.5. The maximum Gasteiger partial charge on any atom is 0.241 e. The van der Waals surface area contributed by atoms with Gasteiger partial charge in [-0.25, -0.2) is 0 Å². The summed E-state index contributed by atoms with van der Waals surface area (Å²) in [6.45, 7) is 2.30. The maximum absolute atomic E-state index is 4.74. The van der Waals surface area contributed by atoms with Crippen LogP contribution >= 0.6 is 0 Å². The molecule has 4 heteroatoms. The number of aromatic nitrogens is 2. The number of nitrogens with zero attached hydrogens (tertiary/aromatic N) is 2. The van der Waals surface area contributed by atoms with Gasteiger partial charge >= 0.3 is 0 Å². The normalized spacial score (nSPS) is 12.3. The van der Waals surface area contributed by atoms with E-state index in [1.165, 1.54) is 27.7 Å². The molecule has 40 heavy (non-hydrogen) atoms. The van der Waals surface area contributed by atoms with Crippen molar-refractivity contribution in [1.29, 1.82) is 0 Å². The van der Waals surface area contributed by atoms with E-state index >= 15 is 0 Å². The molecule has 0 bridgehead atoms. The summed E-state index contributed by atoms with van der Waals surface area (Å²) < 4.78 is 2.32. The Balaban J connectivity index is 1.31. The lowest BCUT2D eigenvalue weighted by Gasteiger charge is -2.20. The van der Waals surface area contributed by atoms with Crippen LogP contribution in [-0.4, -0.2) is 26.4 Å². The van der Waals surface area contributed by atoms with Crippen LogP contribution in [0.3, 0.4) is 0 Å². The zero-order valence-electron chi connectivity index (χ0n) is 23.2. The quantitative estimate of drug-likeness (QED) is 0.124. The van der Waals surface area contributed by atoms with E-state index in [-0.39, 0.29) is 0 Å². The Labute approximate surface area is 242 Å². The number of hydrogen-bond acceptors (Lipinski definition) is 1. The molecule has 5 aromatic rings. The van der Waals surface area contributed by atoms with Crippen molar-refractivity contribution in [2.45, 2.75) is 31.9 Å². The zero-order valence-corrected chi connectivity index (χ0v) is 24.6. The van der Waals surface area contributed by atoms with Crippen LogP contribution in [-0.2, 0) is 6.17 Å². The van der Waals surface area contributed by atoms with Crippen molar-refractivity contribution < 1.29 is 0 Å². The van der Waals surface area contributed by atoms with Gasteiger partial charge in [0.15, 0.2) is 0 Å². The molecule has 2 nitrogen and oxygen atoms in total. The third-order valence-corrected chi connectivity index (χ3v) is 8.99. The molecule has 0 amide bonds. The molecule has 0 atom stereocenters. The summed E-state index contributed by atoms with van der Waals surface area (Å²) in [5.41, 5.74) is 11.5. The second-order valence-electron chi connectivity index (χ2n) is 10.1. The van der Waals surface area contributed by atoms with Gasteiger partial charge in [0, 0.05) is 24.5 Å². The highest BCUT2D eigenvalue weighted by Gasteiger charge is 2.16. The topological polar surface area (TPSA) is 17.8 Å². The standard InChI is InChI=1S/C36H36BN2Si/c1-2-29(25-34(31-17-9-4-10-18-31)32-19-11-5-12-20-32)27-40-28-39-24-23-38-36(39)37-35(33-21-13-6-14-22-33)26-30-15-7-3-8-16-30/h3-24,26-27,34H,2,25,28,40H2,1H3. The number of hydrogen-bond donors (Lipinski definition) is 0. The first-order valence-corrected chi connectivity index (χ1v) is 16.1. The average Bonchev–Trinajstić information content (AvgIpc) is 3.47. The first-order valence-electron chi connectivity index (χ1n) is 14.3. The largest absolute Gasteiger partial charge is 0.346 e. The molecule has 0 fully saturated rings. The average molecular weight is 536 g/mol. The lowest BCUT2D eigenvalue weighted by Crippen LogP contribution is -2.29. The van der Waals surface area contributed by atoms with Crippen LogP contribution in [0.15, 0.2) is 145 Å². The molecule has 0 aliphatic rings. The van der Waals surface area contributed by atoms with Gasteiger partial charge < -0.3 is 4.57 Å². The van der Waals surface area contributed by atoms with Gasteiger partial charge in [-0.2, -0.15) is 0 Å². The Morgan fingerprint density at radius 3 is 1.98 bits per heavy atom. The molecule has 1 heterocycles. The molecule has 1 radical (unpaired) electrons. The lowest BCUT2D eigenvalue weighted by molar-refractivity contribution is 0.771. The van der Waals surface area contributed by atoms with E-state index in [9.17, 15) is 0 Å². The van der Waals surface area contributed by atoms with E-state index in [2.05, 4.69) is 158 Å². The van der Waals surface area contributed by atoms with Gasteiger partial charge in [-0.1, -0.05) is 145 Å². The Bertz CT molecular complexity index is 1470. The zero-order chi connectivity index (χ0) is 27.4. The Kier molecular flexibility index (Phi) is 9.80. The summed E-state index contributed by atoms with van der Waals surface area (Å²) in [5.74, 6) is 0.385. The smallest absolute Gasteiger partial charge is 0.241 e. The molecule has 197 valence electrons. The van der Waals surface area contributed by atoms with Gasteiger partial charge in [0.1, 0.15) is 0 Å². The molecule has 0 spiro atoms. The Morgan fingerprint density at radius 1 is 0.800 bits per heavy atom. The van der Waals surface area contributed by atoms with E-state index in [4.69, 9.17) is 4.98 Å². The van der Waals surface area contributed by atoms with Crippen LogP contribution in [0.5, 0.6) is 0 Å². The minimum absolute atomic E-state index is 0.385. The fraction of sp³-hybridized carbons (Fsp3) is 0.139. The fourth-order valence-electron chi connectivity index (χ4n) is 5.20. The van der Waals surface area contributed by atoms with Gasteiger partial charge in [0.05, 0.1) is 15.2 Å². The molecule has 0 N–H and O–H groups in total. The van der Waals surface area contributed by atoms with Crippen LogP contribution in [0, 0.1) is 0 Å². The number of rotatable bonds is 12. The molecule has 4 aromatic carbocycles. The molecule has 1 aromatic heterocycles. The van der Waals surface area contributed by atoms with Crippen molar-refractivity contribution in [3.63, 3.8) is 0 Å². The van der Waals surface area contributed by atoms with E-state index < -0.39 is 9.52 Å². The maximum atomic E-state index is 4.74. The first kappa shape index (κ1) is 27.4. The van der Waals surface area contributed by atoms with E-state index in [1.54, 1.807) is 5.57 Å². The predicted octanol–water partition coefficient (Wildman–Crippen LogP) is 7.05. The highest BCUT2D eigenvalue weighted by molar-refractivity contribution is 6.73. The summed E-state index contributed by atoms with van der Waals surface area (Å²) in [7, 11) is 1.75. The van der Waals surface area contributed by atoms with E-state index in [0.29, 0.717) is 5.92 Å². The van der Waals surface area contributed by atoms with Crippen LogP contribution in [0.2, 0.25) is 0 Å². The summed E-state index contributed by atoms with van der Waals surface area (Å²) in [5, 5.41) is 0. The third-order valence-electron chi connectivity index (χ3n) is 7.39. The van der Waals surface area contributed by atoms with Crippen molar-refractivity contribution in [3.8, 4) is 0 Å². The van der Waals surface area contributed by atoms with Crippen LogP contribution < -0.4 is 5.72 Å². The SMILES string of the molecule is CCC(=C[SiH2]Cn1ccnc1[B]C(=Cc1ccccc1)c1ccccc1)CC(c1ccccc1)c1ccccc1. The summed E-state index contributed by atoms with van der Waals surface area (Å²) >= 11 is 0. The molecule has 0 saturated carbocycles. The van der Waals surface area contributed by atoms with Gasteiger partial charge in [0.25, 0.3) is 0 Å². The molecule has 0 saturated heterocycles. The molecule has 0 aliphatic heterocycles. The summed E-state index contributed by atoms with van der Waals surface area (Å²) in [6.07, 6.45) is 9.48. The minimum Gasteiger partial charge on any atom is -0.346 e. The van der Waals surface area contributed by atoms with Gasteiger partial charge in [-0.3, -0.25) is 4.98 Å². The highest BCUT2D eigenvalue weighted by Crippen LogP contribution is 2.31. The monoisotopic (exact) mass is 535 g/mol. The first-order chi connectivity index (χ1) is 19.8. The lowest BCUT2D eigenvalue weighted by atomic mass is 9.65. The molecule has 5 rings (SSSR count). The van der Waals surface area contributed by atoms with Crippen molar-refractivity contribution >= 4 is 34.1 Å². The van der Waals surface area contributed by atoms with E-state index in [1.807, 2.05) is 6.20 Å². The van der Waals surface area contributed by atoms with E-state index in [0.717, 1.165) is 24.7 Å². The van der Waals surface area contributed by atoms with Crippen LogP contribution in [0.1, 0.15) is 47.9 Å². The number of benzene rings is 4. The van der Waals surface area contributed by atoms with Gasteiger partial charge in [0.2, 0.25) is 7.28 Å². The van der Waals surface area contributed by atoms with Gasteiger partial charge in [-0.15, -0.1) is 5.70 Å². The predicted molar refractivity (Wildman–Crippen MR) is 175 cm³/mol. The van der Waals surface area contributed by atoms with Crippen molar-refractivity contribution in [2.75, 3.05) is 0 Å². The molecule has 0 unspecified atom stereocenters.